The van der Waals surface area contributed by atoms with Crippen molar-refractivity contribution in [2.24, 2.45) is 0 Å². The number of benzene rings is 2. The van der Waals surface area contributed by atoms with E-state index in [0.717, 1.165) is 22.6 Å². The second-order valence-electron chi connectivity index (χ2n) is 5.09. The molecule has 0 radical (unpaired) electrons. The molecule has 104 valence electrons. The molecule has 0 aromatic heterocycles. The molecule has 0 amide bonds. The van der Waals surface area contributed by atoms with Crippen LogP contribution in [0.2, 0.25) is 0 Å². The van der Waals surface area contributed by atoms with Crippen LogP contribution in [0.15, 0.2) is 54.2 Å². The van der Waals surface area contributed by atoms with Gasteiger partial charge in [-0.25, -0.2) is 5.48 Å². The van der Waals surface area contributed by atoms with Crippen LogP contribution in [-0.4, -0.2) is 11.9 Å². The lowest BCUT2D eigenvalue weighted by molar-refractivity contribution is -0.125. The summed E-state index contributed by atoms with van der Waals surface area (Å²) in [6.07, 6.45) is 1.63. The van der Waals surface area contributed by atoms with Crippen LogP contribution in [0.25, 0.3) is 6.08 Å². The lowest BCUT2D eigenvalue weighted by Gasteiger charge is -2.29. The van der Waals surface area contributed by atoms with Crippen molar-refractivity contribution in [1.82, 2.24) is 5.48 Å². The molecule has 2 aromatic rings. The fraction of sp³-hybridized carbons (Fsp3) is 0.118. The van der Waals surface area contributed by atoms with Gasteiger partial charge in [-0.3, -0.25) is 4.79 Å². The molecule has 2 aromatic carbocycles. The minimum absolute atomic E-state index is 0.0235. The minimum atomic E-state index is -0.645. The van der Waals surface area contributed by atoms with E-state index in [1.54, 1.807) is 0 Å². The van der Waals surface area contributed by atoms with Crippen molar-refractivity contribution in [3.63, 3.8) is 0 Å². The summed E-state index contributed by atoms with van der Waals surface area (Å²) in [5.41, 5.74) is 5.31. The maximum Gasteiger partial charge on any atom is 0.199 e. The van der Waals surface area contributed by atoms with Crippen LogP contribution in [0.5, 0.6) is 11.5 Å². The number of hydrogen-bond donors (Lipinski definition) is 1. The lowest BCUT2D eigenvalue weighted by Crippen LogP contribution is -2.41. The number of ether oxygens (including phenoxy) is 1. The number of fused-ring (bicyclic) bond motifs is 2. The van der Waals surface area contributed by atoms with Gasteiger partial charge in [0, 0.05) is 17.5 Å². The lowest BCUT2D eigenvalue weighted by atomic mass is 9.98. The van der Waals surface area contributed by atoms with Crippen molar-refractivity contribution in [3.05, 3.63) is 65.4 Å². The second kappa shape index (κ2) is 4.66. The normalized spacial score (nSPS) is 19.3. The maximum atomic E-state index is 12.3. The van der Waals surface area contributed by atoms with Crippen molar-refractivity contribution in [2.75, 3.05) is 0 Å². The smallest absolute Gasteiger partial charge is 0.199 e. The van der Waals surface area contributed by atoms with Crippen molar-refractivity contribution in [2.45, 2.75) is 12.5 Å². The van der Waals surface area contributed by atoms with E-state index in [2.05, 4.69) is 5.48 Å². The van der Waals surface area contributed by atoms with Gasteiger partial charge in [-0.05, 0) is 18.2 Å². The predicted molar refractivity (Wildman–Crippen MR) is 77.8 cm³/mol. The largest absolute Gasteiger partial charge is 0.476 e. The highest BCUT2D eigenvalue weighted by atomic mass is 16.7. The summed E-state index contributed by atoms with van der Waals surface area (Å²) in [5, 5.41) is 0. The molecule has 2 heterocycles. The SMILES string of the molecule is O=C1Cc2ccccc2OC1C1=Cc2ccccc2ON1. The van der Waals surface area contributed by atoms with Crippen molar-refractivity contribution >= 4 is 11.9 Å². The Hall–Kier alpha value is -2.75. The van der Waals surface area contributed by atoms with Crippen LogP contribution in [-0.2, 0) is 11.2 Å². The number of carbonyl (C=O) groups is 1. The second-order valence-corrected chi connectivity index (χ2v) is 5.09. The monoisotopic (exact) mass is 279 g/mol. The first-order valence-corrected chi connectivity index (χ1v) is 6.82. The van der Waals surface area contributed by atoms with E-state index in [9.17, 15) is 4.79 Å². The molecule has 2 aliphatic rings. The fourth-order valence-electron chi connectivity index (χ4n) is 2.61. The van der Waals surface area contributed by atoms with Crippen LogP contribution >= 0.6 is 0 Å². The maximum absolute atomic E-state index is 12.3. The third kappa shape index (κ3) is 2.05. The Kier molecular flexibility index (Phi) is 2.67. The molecule has 0 bridgehead atoms. The number of ketones is 1. The van der Waals surface area contributed by atoms with Gasteiger partial charge >= 0.3 is 0 Å². The van der Waals surface area contributed by atoms with Crippen molar-refractivity contribution < 1.29 is 14.4 Å². The summed E-state index contributed by atoms with van der Waals surface area (Å²) in [7, 11) is 0. The standard InChI is InChI=1S/C17H13NO3/c19-14-10-12-6-1-3-7-15(12)20-17(14)13-9-11-5-2-4-8-16(11)21-18-13/h1-9,17-18H,10H2. The molecular formula is C17H13NO3. The minimum Gasteiger partial charge on any atom is -0.476 e. The summed E-state index contributed by atoms with van der Waals surface area (Å²) in [4.78, 5) is 17.8. The van der Waals surface area contributed by atoms with Gasteiger partial charge in [0.25, 0.3) is 0 Å². The van der Waals surface area contributed by atoms with E-state index < -0.39 is 6.10 Å². The summed E-state index contributed by atoms with van der Waals surface area (Å²) in [6.45, 7) is 0. The third-order valence-electron chi connectivity index (χ3n) is 3.67. The number of hydroxylamine groups is 1. The van der Waals surface area contributed by atoms with Crippen molar-refractivity contribution in [1.29, 1.82) is 0 Å². The van der Waals surface area contributed by atoms with Gasteiger partial charge in [-0.15, -0.1) is 0 Å². The molecule has 1 N–H and O–H groups in total. The fourth-order valence-corrected chi connectivity index (χ4v) is 2.61. The number of hydrogen-bond acceptors (Lipinski definition) is 4. The molecular weight excluding hydrogens is 266 g/mol. The van der Waals surface area contributed by atoms with Crippen LogP contribution in [0.4, 0.5) is 0 Å². The number of rotatable bonds is 1. The van der Waals surface area contributed by atoms with Gasteiger partial charge in [0.15, 0.2) is 17.6 Å². The van der Waals surface area contributed by atoms with E-state index in [-0.39, 0.29) is 5.78 Å². The van der Waals surface area contributed by atoms with Crippen LogP contribution in [0, 0.1) is 0 Å². The first-order chi connectivity index (χ1) is 10.3. The van der Waals surface area contributed by atoms with Gasteiger partial charge in [0.1, 0.15) is 5.75 Å². The third-order valence-corrected chi connectivity index (χ3v) is 3.67. The van der Waals surface area contributed by atoms with E-state index in [1.807, 2.05) is 54.6 Å². The molecule has 1 atom stereocenters. The molecule has 0 spiro atoms. The Morgan fingerprint density at radius 2 is 1.76 bits per heavy atom. The van der Waals surface area contributed by atoms with Crippen LogP contribution in [0.1, 0.15) is 11.1 Å². The number of Topliss-reactive ketones (excluding diaryl/α,β-unsaturated/α-hetero) is 1. The molecule has 0 saturated heterocycles. The molecule has 2 aliphatic heterocycles. The van der Waals surface area contributed by atoms with Gasteiger partial charge in [-0.1, -0.05) is 36.4 Å². The van der Waals surface area contributed by atoms with Gasteiger partial charge in [0.05, 0.1) is 5.70 Å². The summed E-state index contributed by atoms with van der Waals surface area (Å²) in [6, 6.07) is 15.3. The Morgan fingerprint density at radius 1 is 1.00 bits per heavy atom. The van der Waals surface area contributed by atoms with Gasteiger partial charge < -0.3 is 9.57 Å². The van der Waals surface area contributed by atoms with Crippen LogP contribution < -0.4 is 15.1 Å². The quantitative estimate of drug-likeness (QED) is 0.871. The van der Waals surface area contributed by atoms with E-state index in [0.29, 0.717) is 12.1 Å². The topological polar surface area (TPSA) is 47.6 Å². The molecule has 4 heteroatoms. The number of para-hydroxylation sites is 2. The molecule has 0 saturated carbocycles. The highest BCUT2D eigenvalue weighted by Gasteiger charge is 2.32. The molecule has 0 aliphatic carbocycles. The zero-order valence-corrected chi connectivity index (χ0v) is 11.2. The zero-order valence-electron chi connectivity index (χ0n) is 11.2. The summed E-state index contributed by atoms with van der Waals surface area (Å²) in [5.74, 6) is 1.52. The molecule has 0 fully saturated rings. The Balaban J connectivity index is 1.69. The predicted octanol–water partition coefficient (Wildman–Crippen LogP) is 2.50. The zero-order chi connectivity index (χ0) is 14.2. The number of nitrogens with one attached hydrogen (secondary N) is 1. The van der Waals surface area contributed by atoms with Gasteiger partial charge in [-0.2, -0.15) is 0 Å². The van der Waals surface area contributed by atoms with E-state index in [4.69, 9.17) is 9.57 Å². The highest BCUT2D eigenvalue weighted by molar-refractivity contribution is 5.91. The molecule has 21 heavy (non-hydrogen) atoms. The molecule has 1 unspecified atom stereocenters. The van der Waals surface area contributed by atoms with Crippen LogP contribution in [0.3, 0.4) is 0 Å². The number of carbonyl (C=O) groups excluding carboxylic acids is 1. The first kappa shape index (κ1) is 12.0. The average Bonchev–Trinajstić information content (AvgIpc) is 2.54. The highest BCUT2D eigenvalue weighted by Crippen LogP contribution is 2.31. The molecule has 4 nitrogen and oxygen atoms in total. The first-order valence-electron chi connectivity index (χ1n) is 6.82. The molecule has 4 rings (SSSR count). The van der Waals surface area contributed by atoms with Gasteiger partial charge in [0.2, 0.25) is 0 Å². The van der Waals surface area contributed by atoms with E-state index >= 15 is 0 Å². The Bertz CT molecular complexity index is 751. The Morgan fingerprint density at radius 3 is 2.67 bits per heavy atom. The Labute approximate surface area is 122 Å². The average molecular weight is 279 g/mol. The summed E-state index contributed by atoms with van der Waals surface area (Å²) < 4.78 is 5.84. The van der Waals surface area contributed by atoms with E-state index in [1.165, 1.54) is 0 Å². The van der Waals surface area contributed by atoms with Crippen molar-refractivity contribution in [3.8, 4) is 11.5 Å². The summed E-state index contributed by atoms with van der Waals surface area (Å²) >= 11 is 0.